The van der Waals surface area contributed by atoms with Crippen LogP contribution in [0.1, 0.15) is 78.1 Å². The van der Waals surface area contributed by atoms with Crippen LogP contribution < -0.4 is 5.32 Å². The number of carbonyl (C=O) groups is 1. The summed E-state index contributed by atoms with van der Waals surface area (Å²) in [6.45, 7) is 5.65. The maximum absolute atomic E-state index is 11.0. The van der Waals surface area contributed by atoms with Crippen molar-refractivity contribution in [2.45, 2.75) is 84.1 Å². The molecule has 0 aliphatic rings. The van der Waals surface area contributed by atoms with Gasteiger partial charge in [-0.2, -0.15) is 0 Å². The van der Waals surface area contributed by atoms with Crippen molar-refractivity contribution in [3.8, 4) is 0 Å². The van der Waals surface area contributed by atoms with E-state index in [2.05, 4.69) is 12.2 Å². The number of aliphatic hydroxyl groups is 1. The minimum absolute atomic E-state index is 0.121. The lowest BCUT2D eigenvalue weighted by Crippen LogP contribution is -2.43. The Hall–Kier alpha value is -0.810. The maximum Gasteiger partial charge on any atom is 0.407 e. The summed E-state index contributed by atoms with van der Waals surface area (Å²) in [5.41, 5.74) is 0. The molecule has 0 saturated heterocycles. The Morgan fingerprint density at radius 3 is 2.00 bits per heavy atom. The van der Waals surface area contributed by atoms with Gasteiger partial charge in [0.15, 0.2) is 0 Å². The summed E-state index contributed by atoms with van der Waals surface area (Å²) in [6, 6.07) is 0.121. The van der Waals surface area contributed by atoms with E-state index in [1.165, 1.54) is 62.7 Å². The molecule has 0 aromatic rings. The fourth-order valence-electron chi connectivity index (χ4n) is 2.74. The molecule has 23 heavy (non-hydrogen) atoms. The van der Waals surface area contributed by atoms with Crippen molar-refractivity contribution in [1.29, 1.82) is 0 Å². The van der Waals surface area contributed by atoms with E-state index in [1.807, 2.05) is 6.92 Å². The first-order valence-corrected chi connectivity index (χ1v) is 9.43. The fourth-order valence-corrected chi connectivity index (χ4v) is 2.74. The molecular weight excluding hydrogens is 292 g/mol. The van der Waals surface area contributed by atoms with Gasteiger partial charge in [-0.25, -0.2) is 4.79 Å². The molecule has 3 N–H and O–H groups in total. The third-order valence-corrected chi connectivity index (χ3v) is 4.16. The van der Waals surface area contributed by atoms with Gasteiger partial charge in [0.05, 0.1) is 6.61 Å². The molecule has 0 spiro atoms. The molecule has 5 nitrogen and oxygen atoms in total. The zero-order chi connectivity index (χ0) is 17.3. The van der Waals surface area contributed by atoms with Gasteiger partial charge < -0.3 is 20.4 Å². The Labute approximate surface area is 142 Å². The Morgan fingerprint density at radius 1 is 1.00 bits per heavy atom. The third-order valence-electron chi connectivity index (χ3n) is 4.16. The first kappa shape index (κ1) is 22.2. The number of nitrogens with zero attached hydrogens (tertiary/aromatic N) is 1. The molecule has 1 amide bonds. The van der Waals surface area contributed by atoms with Crippen LogP contribution in [0, 0.1) is 0 Å². The zero-order valence-corrected chi connectivity index (χ0v) is 15.2. The van der Waals surface area contributed by atoms with Gasteiger partial charge in [0.25, 0.3) is 0 Å². The van der Waals surface area contributed by atoms with Crippen molar-refractivity contribution in [3.05, 3.63) is 0 Å². The molecule has 0 bridgehead atoms. The van der Waals surface area contributed by atoms with Crippen molar-refractivity contribution in [1.82, 2.24) is 10.2 Å². The van der Waals surface area contributed by atoms with Crippen LogP contribution >= 0.6 is 0 Å². The number of hydrogen-bond donors (Lipinski definition) is 3. The highest BCUT2D eigenvalue weighted by molar-refractivity contribution is 5.64. The Morgan fingerprint density at radius 2 is 1.52 bits per heavy atom. The molecule has 1 atom stereocenters. The first-order valence-electron chi connectivity index (χ1n) is 9.43. The summed E-state index contributed by atoms with van der Waals surface area (Å²) in [5, 5.41) is 21.2. The third kappa shape index (κ3) is 14.5. The summed E-state index contributed by atoms with van der Waals surface area (Å²) in [4.78, 5) is 12.2. The van der Waals surface area contributed by atoms with Crippen LogP contribution in [0.5, 0.6) is 0 Å². The Balaban J connectivity index is 3.41. The summed E-state index contributed by atoms with van der Waals surface area (Å²) >= 11 is 0. The number of hydrogen-bond acceptors (Lipinski definition) is 3. The smallest absolute Gasteiger partial charge is 0.407 e. The lowest BCUT2D eigenvalue weighted by atomic mass is 10.1. The number of nitrogens with one attached hydrogen (secondary N) is 1. The number of rotatable bonds is 16. The minimum Gasteiger partial charge on any atom is -0.465 e. The molecule has 0 aliphatic carbocycles. The topological polar surface area (TPSA) is 72.8 Å². The average Bonchev–Trinajstić information content (AvgIpc) is 2.52. The largest absolute Gasteiger partial charge is 0.465 e. The van der Waals surface area contributed by atoms with Crippen LogP contribution in [-0.4, -0.2) is 53.5 Å². The van der Waals surface area contributed by atoms with Gasteiger partial charge in [0, 0.05) is 19.1 Å². The highest BCUT2D eigenvalue weighted by atomic mass is 16.4. The molecule has 0 aromatic carbocycles. The van der Waals surface area contributed by atoms with Crippen LogP contribution in [0.25, 0.3) is 0 Å². The minimum atomic E-state index is -0.966. The van der Waals surface area contributed by atoms with Gasteiger partial charge in [0.1, 0.15) is 0 Å². The quantitative estimate of drug-likeness (QED) is 0.376. The highest BCUT2D eigenvalue weighted by Crippen LogP contribution is 2.10. The highest BCUT2D eigenvalue weighted by Gasteiger charge is 2.14. The van der Waals surface area contributed by atoms with Gasteiger partial charge in [-0.1, -0.05) is 64.7 Å². The van der Waals surface area contributed by atoms with E-state index in [4.69, 9.17) is 10.2 Å². The zero-order valence-electron chi connectivity index (χ0n) is 15.2. The van der Waals surface area contributed by atoms with Crippen molar-refractivity contribution in [2.75, 3.05) is 26.2 Å². The summed E-state index contributed by atoms with van der Waals surface area (Å²) in [7, 11) is 0. The van der Waals surface area contributed by atoms with E-state index >= 15 is 0 Å². The summed E-state index contributed by atoms with van der Waals surface area (Å²) < 4.78 is 0. The van der Waals surface area contributed by atoms with Crippen LogP contribution in [0.3, 0.4) is 0 Å². The molecule has 138 valence electrons. The van der Waals surface area contributed by atoms with E-state index in [0.717, 1.165) is 13.0 Å². The number of unbranched alkanes of at least 4 members (excludes halogenated alkanes) is 9. The van der Waals surface area contributed by atoms with E-state index in [-0.39, 0.29) is 19.2 Å². The number of amides is 1. The second-order valence-electron chi connectivity index (χ2n) is 6.49. The van der Waals surface area contributed by atoms with Gasteiger partial charge in [-0.15, -0.1) is 0 Å². The molecule has 0 rings (SSSR count). The molecule has 0 heterocycles. The Kier molecular flexibility index (Phi) is 15.5. The van der Waals surface area contributed by atoms with Gasteiger partial charge in [-0.3, -0.25) is 0 Å². The summed E-state index contributed by atoms with van der Waals surface area (Å²) in [5.74, 6) is 0. The van der Waals surface area contributed by atoms with Gasteiger partial charge >= 0.3 is 6.09 Å². The standard InChI is InChI=1S/C18H38N2O3/c1-3-4-5-6-7-8-9-10-11-12-13-19-17(2)16-20(14-15-21)18(22)23/h17,19,21H,3-16H2,1-2H3,(H,22,23). The average molecular weight is 331 g/mol. The molecule has 0 radical (unpaired) electrons. The van der Waals surface area contributed by atoms with Crippen LogP contribution in [0.15, 0.2) is 0 Å². The number of carboxylic acid groups (broad SMARTS) is 1. The number of aliphatic hydroxyl groups excluding tert-OH is 1. The normalized spacial score (nSPS) is 12.3. The molecule has 0 fully saturated rings. The second-order valence-corrected chi connectivity index (χ2v) is 6.49. The van der Waals surface area contributed by atoms with Crippen LogP contribution in [-0.2, 0) is 0 Å². The molecule has 5 heteroatoms. The second kappa shape index (κ2) is 16.1. The van der Waals surface area contributed by atoms with Gasteiger partial charge in [-0.05, 0) is 19.9 Å². The SMILES string of the molecule is CCCCCCCCCCCCNC(C)CN(CCO)C(=O)O. The van der Waals surface area contributed by atoms with E-state index in [9.17, 15) is 4.79 Å². The van der Waals surface area contributed by atoms with E-state index in [1.54, 1.807) is 0 Å². The van der Waals surface area contributed by atoms with E-state index in [0.29, 0.717) is 6.54 Å². The lowest BCUT2D eigenvalue weighted by Gasteiger charge is -2.23. The summed E-state index contributed by atoms with van der Waals surface area (Å²) in [6.07, 6.45) is 12.3. The van der Waals surface area contributed by atoms with Crippen LogP contribution in [0.4, 0.5) is 4.79 Å². The molecule has 0 aliphatic heterocycles. The fraction of sp³-hybridized carbons (Fsp3) is 0.944. The first-order chi connectivity index (χ1) is 11.1. The van der Waals surface area contributed by atoms with Gasteiger partial charge in [0.2, 0.25) is 0 Å². The maximum atomic E-state index is 11.0. The predicted octanol–water partition coefficient (Wildman–Crippen LogP) is 3.86. The van der Waals surface area contributed by atoms with Crippen molar-refractivity contribution in [3.63, 3.8) is 0 Å². The molecule has 1 unspecified atom stereocenters. The molecule has 0 saturated carbocycles. The van der Waals surface area contributed by atoms with Crippen molar-refractivity contribution < 1.29 is 15.0 Å². The van der Waals surface area contributed by atoms with Crippen molar-refractivity contribution >= 4 is 6.09 Å². The lowest BCUT2D eigenvalue weighted by molar-refractivity contribution is 0.127. The molecular formula is C18H38N2O3. The molecule has 0 aromatic heterocycles. The van der Waals surface area contributed by atoms with Crippen LogP contribution in [0.2, 0.25) is 0 Å². The predicted molar refractivity (Wildman–Crippen MR) is 96.0 cm³/mol. The van der Waals surface area contributed by atoms with E-state index < -0.39 is 6.09 Å². The monoisotopic (exact) mass is 330 g/mol. The van der Waals surface area contributed by atoms with Crippen molar-refractivity contribution in [2.24, 2.45) is 0 Å². The Bertz CT molecular complexity index is 275.